The monoisotopic (exact) mass is 179 g/mol. The van der Waals surface area contributed by atoms with E-state index in [0.717, 1.165) is 12.3 Å². The molecule has 0 unspecified atom stereocenters. The lowest BCUT2D eigenvalue weighted by Crippen LogP contribution is -1.97. The fraction of sp³-hybridized carbons (Fsp3) is 0.167. The van der Waals surface area contributed by atoms with Crippen LogP contribution in [0, 0.1) is 11.6 Å². The van der Waals surface area contributed by atoms with Crippen molar-refractivity contribution < 1.29 is 13.5 Å². The van der Waals surface area contributed by atoms with Crippen molar-refractivity contribution in [2.75, 3.05) is 6.07 Å². The van der Waals surface area contributed by atoms with Gasteiger partial charge in [0.2, 0.25) is 5.82 Å². The van der Waals surface area contributed by atoms with E-state index in [-0.39, 0.29) is 6.07 Å². The largest absolute Gasteiger partial charge is 0.459 e. The van der Waals surface area contributed by atoms with Crippen molar-refractivity contribution in [2.45, 2.75) is 0 Å². The minimum Gasteiger partial charge on any atom is -0.459 e. The van der Waals surface area contributed by atoms with Crippen LogP contribution in [0.5, 0.6) is 5.88 Å². The van der Waals surface area contributed by atoms with E-state index in [2.05, 4.69) is 9.72 Å². The Morgan fingerprint density at radius 2 is 2.27 bits per heavy atom. The molecule has 0 N–H and O–H groups in total. The summed E-state index contributed by atoms with van der Waals surface area (Å²) >= 11 is 5.11. The summed E-state index contributed by atoms with van der Waals surface area (Å²) in [6.45, 7) is 0. The molecule has 1 aromatic heterocycles. The zero-order valence-electron chi connectivity index (χ0n) is 5.35. The van der Waals surface area contributed by atoms with Crippen molar-refractivity contribution in [1.82, 2.24) is 4.98 Å². The maximum absolute atomic E-state index is 12.6. The van der Waals surface area contributed by atoms with Crippen molar-refractivity contribution in [3.63, 3.8) is 0 Å². The van der Waals surface area contributed by atoms with Gasteiger partial charge in [0.15, 0.2) is 11.9 Å². The predicted octanol–water partition coefficient (Wildman–Crippen LogP) is 1.93. The van der Waals surface area contributed by atoms with Gasteiger partial charge in [0.1, 0.15) is 0 Å². The molecule has 0 radical (unpaired) electrons. The van der Waals surface area contributed by atoms with Gasteiger partial charge in [-0.25, -0.2) is 9.37 Å². The number of ether oxygens (including phenoxy) is 1. The Labute approximate surface area is 66.8 Å². The molecule has 0 aromatic carbocycles. The van der Waals surface area contributed by atoms with Gasteiger partial charge in [-0.1, -0.05) is 11.6 Å². The lowest BCUT2D eigenvalue weighted by molar-refractivity contribution is 0.336. The van der Waals surface area contributed by atoms with E-state index in [0.29, 0.717) is 0 Å². The number of pyridine rings is 1. The Balaban J connectivity index is 2.96. The van der Waals surface area contributed by atoms with Gasteiger partial charge >= 0.3 is 0 Å². The topological polar surface area (TPSA) is 22.1 Å². The maximum atomic E-state index is 12.6. The summed E-state index contributed by atoms with van der Waals surface area (Å²) in [5, 5.41) is 0. The molecule has 0 saturated carbocycles. The van der Waals surface area contributed by atoms with Gasteiger partial charge in [-0.3, -0.25) is 0 Å². The highest BCUT2D eigenvalue weighted by Crippen LogP contribution is 2.15. The Morgan fingerprint density at radius 3 is 2.91 bits per heavy atom. The van der Waals surface area contributed by atoms with Crippen molar-refractivity contribution in [2.24, 2.45) is 0 Å². The van der Waals surface area contributed by atoms with E-state index in [4.69, 9.17) is 11.6 Å². The fourth-order valence-electron chi connectivity index (χ4n) is 0.555. The Kier molecular flexibility index (Phi) is 2.59. The quantitative estimate of drug-likeness (QED) is 0.648. The maximum Gasteiger partial charge on any atom is 0.254 e. The van der Waals surface area contributed by atoms with E-state index in [9.17, 15) is 8.78 Å². The van der Waals surface area contributed by atoms with Gasteiger partial charge < -0.3 is 4.74 Å². The second-order valence-corrected chi connectivity index (χ2v) is 1.88. The average Bonchev–Trinajstić information content (AvgIpc) is 1.99. The molecule has 0 atom stereocenters. The third kappa shape index (κ3) is 1.77. The summed E-state index contributed by atoms with van der Waals surface area (Å²) in [5.41, 5.74) is 0. The van der Waals surface area contributed by atoms with E-state index < -0.39 is 17.5 Å². The molecule has 5 heteroatoms. The molecular formula is C6H4ClF2NO. The molecule has 1 heterocycles. The standard InChI is InChI=1S/C6H4ClF2NO/c7-3-11-6-5(9)4(8)1-2-10-6/h1-2H,3H2. The normalized spacial score (nSPS) is 9.73. The molecule has 1 rings (SSSR count). The Hall–Kier alpha value is -0.900. The zero-order chi connectivity index (χ0) is 8.27. The molecule has 2 nitrogen and oxygen atoms in total. The molecule has 0 aliphatic heterocycles. The molecular weight excluding hydrogens is 176 g/mol. The van der Waals surface area contributed by atoms with Crippen LogP contribution in [0.2, 0.25) is 0 Å². The summed E-state index contributed by atoms with van der Waals surface area (Å²) in [7, 11) is 0. The number of rotatable bonds is 2. The van der Waals surface area contributed by atoms with Crippen LogP contribution in [0.3, 0.4) is 0 Å². The first-order valence-electron chi connectivity index (χ1n) is 2.74. The highest BCUT2D eigenvalue weighted by atomic mass is 35.5. The summed E-state index contributed by atoms with van der Waals surface area (Å²) in [5.74, 6) is -2.53. The minimum atomic E-state index is -1.12. The third-order valence-corrected chi connectivity index (χ3v) is 1.11. The lowest BCUT2D eigenvalue weighted by Gasteiger charge is -2.00. The van der Waals surface area contributed by atoms with Crippen LogP contribution in [0.25, 0.3) is 0 Å². The van der Waals surface area contributed by atoms with Crippen LogP contribution in [0.4, 0.5) is 8.78 Å². The Bertz CT molecular complexity index is 256. The third-order valence-electron chi connectivity index (χ3n) is 1.00. The van der Waals surface area contributed by atoms with E-state index in [1.54, 1.807) is 0 Å². The summed E-state index contributed by atoms with van der Waals surface area (Å²) in [6, 6.07) is 0.643. The summed E-state index contributed by atoms with van der Waals surface area (Å²) in [4.78, 5) is 3.41. The van der Waals surface area contributed by atoms with Crippen LogP contribution >= 0.6 is 11.6 Å². The van der Waals surface area contributed by atoms with Gasteiger partial charge in [-0.15, -0.1) is 0 Å². The molecule has 0 aliphatic rings. The molecule has 60 valence electrons. The minimum absolute atomic E-state index is 0.257. The molecule has 11 heavy (non-hydrogen) atoms. The smallest absolute Gasteiger partial charge is 0.254 e. The van der Waals surface area contributed by atoms with Crippen LogP contribution in [0.1, 0.15) is 0 Å². The number of nitrogens with zero attached hydrogens (tertiary/aromatic N) is 1. The van der Waals surface area contributed by atoms with Crippen molar-refractivity contribution in [3.05, 3.63) is 23.9 Å². The van der Waals surface area contributed by atoms with E-state index in [1.165, 1.54) is 0 Å². The SMILES string of the molecule is Fc1ccnc(OCCl)c1F. The van der Waals surface area contributed by atoms with Crippen LogP contribution < -0.4 is 4.74 Å². The first-order valence-corrected chi connectivity index (χ1v) is 3.28. The number of halogens is 3. The highest BCUT2D eigenvalue weighted by molar-refractivity contribution is 6.17. The molecule has 0 spiro atoms. The van der Waals surface area contributed by atoms with Gasteiger partial charge in [0.25, 0.3) is 5.88 Å². The lowest BCUT2D eigenvalue weighted by atomic mass is 10.4. The molecule has 0 aliphatic carbocycles. The van der Waals surface area contributed by atoms with E-state index in [1.807, 2.05) is 0 Å². The van der Waals surface area contributed by atoms with Crippen molar-refractivity contribution in [3.8, 4) is 5.88 Å². The van der Waals surface area contributed by atoms with Crippen LogP contribution in [-0.4, -0.2) is 11.1 Å². The van der Waals surface area contributed by atoms with Crippen LogP contribution in [0.15, 0.2) is 12.3 Å². The second-order valence-electron chi connectivity index (χ2n) is 1.67. The zero-order valence-corrected chi connectivity index (χ0v) is 6.11. The number of hydrogen-bond donors (Lipinski definition) is 0. The fourth-order valence-corrected chi connectivity index (χ4v) is 0.658. The molecule has 0 bridgehead atoms. The summed E-state index contributed by atoms with van der Waals surface area (Å²) in [6.07, 6.45) is 1.10. The van der Waals surface area contributed by atoms with Gasteiger partial charge in [-0.2, -0.15) is 4.39 Å². The number of alkyl halides is 1. The molecule has 0 fully saturated rings. The predicted molar refractivity (Wildman–Crippen MR) is 35.5 cm³/mol. The first-order chi connectivity index (χ1) is 5.25. The number of hydrogen-bond acceptors (Lipinski definition) is 2. The van der Waals surface area contributed by atoms with Crippen molar-refractivity contribution >= 4 is 11.6 Å². The molecule has 1 aromatic rings. The van der Waals surface area contributed by atoms with Gasteiger partial charge in [0, 0.05) is 6.20 Å². The van der Waals surface area contributed by atoms with Gasteiger partial charge in [-0.05, 0) is 6.07 Å². The first kappa shape index (κ1) is 8.20. The number of aromatic nitrogens is 1. The second kappa shape index (κ2) is 3.48. The summed E-state index contributed by atoms with van der Waals surface area (Å²) < 4.78 is 29.4. The highest BCUT2D eigenvalue weighted by Gasteiger charge is 2.08. The van der Waals surface area contributed by atoms with Crippen LogP contribution in [-0.2, 0) is 0 Å². The van der Waals surface area contributed by atoms with Crippen molar-refractivity contribution in [1.29, 1.82) is 0 Å². The molecule has 0 amide bonds. The van der Waals surface area contributed by atoms with Gasteiger partial charge in [0.05, 0.1) is 0 Å². The van der Waals surface area contributed by atoms with E-state index >= 15 is 0 Å². The average molecular weight is 180 g/mol. The Morgan fingerprint density at radius 1 is 1.55 bits per heavy atom. The molecule has 0 saturated heterocycles.